The molecule has 0 radical (unpaired) electrons. The molecule has 1 unspecified atom stereocenters. The highest BCUT2D eigenvalue weighted by molar-refractivity contribution is 6.19. The number of rotatable bonds is 8. The number of carbonyl (C=O) groups excluding carboxylic acids is 3. The third kappa shape index (κ3) is 9.43. The summed E-state index contributed by atoms with van der Waals surface area (Å²) in [6.07, 6.45) is -2.61. The van der Waals surface area contributed by atoms with Gasteiger partial charge in [0.15, 0.2) is 5.56 Å². The number of carbonyl (C=O) groups is 3. The quantitative estimate of drug-likeness (QED) is 0.385. The van der Waals surface area contributed by atoms with Crippen LogP contribution in [0.1, 0.15) is 33.6 Å². The summed E-state index contributed by atoms with van der Waals surface area (Å²) in [5.74, 6) is -1.18. The summed E-state index contributed by atoms with van der Waals surface area (Å²) in [4.78, 5) is 34.0. The van der Waals surface area contributed by atoms with E-state index in [1.807, 2.05) is 0 Å². The molecule has 116 valence electrons. The molecule has 0 saturated heterocycles. The van der Waals surface area contributed by atoms with Crippen molar-refractivity contribution in [1.82, 2.24) is 0 Å². The molecule has 7 nitrogen and oxygen atoms in total. The van der Waals surface area contributed by atoms with E-state index in [0.29, 0.717) is 0 Å². The molecule has 20 heavy (non-hydrogen) atoms. The van der Waals surface area contributed by atoms with Crippen LogP contribution in [-0.4, -0.2) is 43.0 Å². The lowest BCUT2D eigenvalue weighted by Gasteiger charge is -2.16. The highest BCUT2D eigenvalue weighted by atomic mass is 35.5. The summed E-state index contributed by atoms with van der Waals surface area (Å²) in [5.41, 5.74) is -0.881. The van der Waals surface area contributed by atoms with E-state index in [2.05, 4.69) is 4.74 Å². The van der Waals surface area contributed by atoms with Gasteiger partial charge in [-0.15, -0.1) is 0 Å². The Bertz CT molecular complexity index is 310. The summed E-state index contributed by atoms with van der Waals surface area (Å²) in [7, 11) is 0. The summed E-state index contributed by atoms with van der Waals surface area (Å²) < 4.78 is 18.9. The van der Waals surface area contributed by atoms with Crippen molar-refractivity contribution in [3.05, 3.63) is 0 Å². The monoisotopic (exact) mass is 310 g/mol. The van der Waals surface area contributed by atoms with E-state index < -0.39 is 29.8 Å². The Morgan fingerprint density at radius 2 is 1.40 bits per heavy atom. The molecule has 0 aromatic carbocycles. The van der Waals surface area contributed by atoms with Crippen LogP contribution in [0.25, 0.3) is 0 Å². The molecule has 0 aliphatic heterocycles. The van der Waals surface area contributed by atoms with Crippen molar-refractivity contribution in [2.45, 2.75) is 45.3 Å². The molecular weight excluding hydrogens is 292 g/mol. The molecule has 0 aromatic heterocycles. The number of hydrogen-bond donors (Lipinski definition) is 0. The average Bonchev–Trinajstić information content (AvgIpc) is 2.27. The molecular formula is C12H19ClO7. The lowest BCUT2D eigenvalue weighted by atomic mass is 10.2. The molecule has 0 heterocycles. The van der Waals surface area contributed by atoms with Crippen molar-refractivity contribution >= 4 is 29.7 Å². The maximum Gasteiger partial charge on any atom is 0.510 e. The molecule has 0 aromatic rings. The summed E-state index contributed by atoms with van der Waals surface area (Å²) in [6.45, 7) is 5.09. The minimum Gasteiger partial charge on any atom is -0.466 e. The van der Waals surface area contributed by atoms with E-state index >= 15 is 0 Å². The number of hydrogen-bond acceptors (Lipinski definition) is 7. The van der Waals surface area contributed by atoms with Crippen LogP contribution in [0.3, 0.4) is 0 Å². The fourth-order valence-corrected chi connectivity index (χ4v) is 1.34. The molecule has 0 aliphatic carbocycles. The van der Waals surface area contributed by atoms with Crippen LogP contribution in [0.5, 0.6) is 0 Å². The minimum atomic E-state index is -1.06. The molecule has 0 bridgehead atoms. The first kappa shape index (κ1) is 18.5. The molecule has 0 aliphatic rings. The van der Waals surface area contributed by atoms with E-state index in [9.17, 15) is 14.4 Å². The summed E-state index contributed by atoms with van der Waals surface area (Å²) in [5, 5.41) is 0. The highest BCUT2D eigenvalue weighted by Crippen LogP contribution is 2.10. The van der Waals surface area contributed by atoms with Gasteiger partial charge in [0.25, 0.3) is 0 Å². The van der Waals surface area contributed by atoms with Gasteiger partial charge < -0.3 is 18.9 Å². The van der Waals surface area contributed by atoms with Crippen LogP contribution in [0, 0.1) is 0 Å². The average molecular weight is 311 g/mol. The molecule has 0 saturated carbocycles. The van der Waals surface area contributed by atoms with Crippen molar-refractivity contribution < 1.29 is 33.3 Å². The smallest absolute Gasteiger partial charge is 0.466 e. The third-order valence-electron chi connectivity index (χ3n) is 1.92. The van der Waals surface area contributed by atoms with Crippen LogP contribution < -0.4 is 0 Å². The molecule has 0 rings (SSSR count). The van der Waals surface area contributed by atoms with E-state index in [0.717, 1.165) is 0 Å². The first-order valence-corrected chi connectivity index (χ1v) is 6.65. The first-order chi connectivity index (χ1) is 9.38. The van der Waals surface area contributed by atoms with Crippen LogP contribution >= 0.6 is 11.6 Å². The number of esters is 2. The molecule has 0 fully saturated rings. The topological polar surface area (TPSA) is 88.1 Å². The van der Waals surface area contributed by atoms with Crippen molar-refractivity contribution in [3.63, 3.8) is 0 Å². The van der Waals surface area contributed by atoms with Crippen molar-refractivity contribution in [2.75, 3.05) is 13.2 Å². The molecule has 0 spiro atoms. The normalized spacial score (nSPS) is 11.7. The Labute approximate surface area is 122 Å². The molecule has 0 N–H and O–H groups in total. The van der Waals surface area contributed by atoms with E-state index in [1.165, 1.54) is 6.92 Å². The standard InChI is InChI=1S/C12H19ClO7/c1-4-17-10(14)6-9(7-11(15)18-5-2)20-12(16)19-8(3)13/h8-9H,4-7H2,1-3H3. The zero-order valence-corrected chi connectivity index (χ0v) is 12.5. The Balaban J connectivity index is 4.48. The SMILES string of the molecule is CCOC(=O)CC(CC(=O)OCC)OC(=O)OC(C)Cl. The molecule has 0 amide bonds. The van der Waals surface area contributed by atoms with Crippen molar-refractivity contribution in [2.24, 2.45) is 0 Å². The van der Waals surface area contributed by atoms with Gasteiger partial charge in [-0.25, -0.2) is 4.79 Å². The van der Waals surface area contributed by atoms with Crippen LogP contribution in [-0.2, 0) is 28.5 Å². The molecule has 1 atom stereocenters. The van der Waals surface area contributed by atoms with Crippen LogP contribution in [0.2, 0.25) is 0 Å². The predicted octanol–water partition coefficient (Wildman–Crippen LogP) is 2.00. The van der Waals surface area contributed by atoms with Gasteiger partial charge in [0.05, 0.1) is 26.1 Å². The van der Waals surface area contributed by atoms with Gasteiger partial charge >= 0.3 is 18.1 Å². The van der Waals surface area contributed by atoms with Gasteiger partial charge in [0.2, 0.25) is 0 Å². The van der Waals surface area contributed by atoms with Gasteiger partial charge in [0.1, 0.15) is 6.10 Å². The van der Waals surface area contributed by atoms with E-state index in [1.54, 1.807) is 13.8 Å². The van der Waals surface area contributed by atoms with Gasteiger partial charge in [-0.1, -0.05) is 11.6 Å². The number of alkyl halides is 1. The van der Waals surface area contributed by atoms with E-state index in [-0.39, 0.29) is 26.1 Å². The minimum absolute atomic E-state index is 0.189. The summed E-state index contributed by atoms with van der Waals surface area (Å²) in [6, 6.07) is 0. The maximum atomic E-state index is 11.4. The zero-order valence-electron chi connectivity index (χ0n) is 11.7. The predicted molar refractivity (Wildman–Crippen MR) is 69.2 cm³/mol. The summed E-state index contributed by atoms with van der Waals surface area (Å²) >= 11 is 5.46. The van der Waals surface area contributed by atoms with Gasteiger partial charge in [-0.05, 0) is 20.8 Å². The first-order valence-electron chi connectivity index (χ1n) is 6.21. The van der Waals surface area contributed by atoms with Crippen molar-refractivity contribution in [3.8, 4) is 0 Å². The number of ether oxygens (including phenoxy) is 4. The maximum absolute atomic E-state index is 11.4. The second kappa shape index (κ2) is 10.3. The highest BCUT2D eigenvalue weighted by Gasteiger charge is 2.24. The fraction of sp³-hybridized carbons (Fsp3) is 0.750. The van der Waals surface area contributed by atoms with Gasteiger partial charge in [-0.2, -0.15) is 0 Å². The van der Waals surface area contributed by atoms with Gasteiger partial charge in [-0.3, -0.25) is 9.59 Å². The van der Waals surface area contributed by atoms with Crippen LogP contribution in [0.15, 0.2) is 0 Å². The van der Waals surface area contributed by atoms with E-state index in [4.69, 9.17) is 25.8 Å². The van der Waals surface area contributed by atoms with Crippen LogP contribution in [0.4, 0.5) is 4.79 Å². The fourth-order valence-electron chi connectivity index (χ4n) is 1.26. The zero-order chi connectivity index (χ0) is 15.5. The second-order valence-electron chi connectivity index (χ2n) is 3.67. The Morgan fingerprint density at radius 3 is 1.75 bits per heavy atom. The molecule has 8 heteroatoms. The number of halogens is 1. The third-order valence-corrected chi connectivity index (χ3v) is 2.01. The second-order valence-corrected chi connectivity index (χ2v) is 4.28. The lowest BCUT2D eigenvalue weighted by Crippen LogP contribution is -2.27. The Kier molecular flexibility index (Phi) is 9.53. The van der Waals surface area contributed by atoms with Crippen molar-refractivity contribution in [1.29, 1.82) is 0 Å². The van der Waals surface area contributed by atoms with Gasteiger partial charge in [0, 0.05) is 0 Å². The lowest BCUT2D eigenvalue weighted by molar-refractivity contribution is -0.149. The largest absolute Gasteiger partial charge is 0.510 e. The Morgan fingerprint density at radius 1 is 0.950 bits per heavy atom. The Hall–Kier alpha value is -1.50.